The predicted molar refractivity (Wildman–Crippen MR) is 171 cm³/mol. The molecular weight excluding hydrogens is 746 g/mol. The maximum atomic E-state index is 12.4. The molecule has 0 saturated carbocycles. The number of ether oxygens (including phenoxy) is 4. The molecule has 4 aromatic carbocycles. The fraction of sp³-hybridized carbons (Fsp3) is 0.133. The van der Waals surface area contributed by atoms with Crippen molar-refractivity contribution in [2.45, 2.75) is 0 Å². The maximum absolute atomic E-state index is 12.4. The van der Waals surface area contributed by atoms with Gasteiger partial charge in [0.1, 0.15) is 23.0 Å². The number of halogens is 3. The highest BCUT2D eigenvalue weighted by Gasteiger charge is 2.15. The number of methoxy groups -OCH3 is 4. The zero-order valence-electron chi connectivity index (χ0n) is 21.7. The minimum Gasteiger partial charge on any atom is -0.497 e. The molecule has 0 aliphatic heterocycles. The Kier molecular flexibility index (Phi) is 14.1. The molecule has 0 atom stereocenters. The molecule has 0 aliphatic carbocycles. The molecule has 6 nitrogen and oxygen atoms in total. The van der Waals surface area contributed by atoms with Crippen molar-refractivity contribution < 1.29 is 28.5 Å². The number of hydrogen-bond acceptors (Lipinski definition) is 6. The molecule has 0 unspecified atom stereocenters. The summed E-state index contributed by atoms with van der Waals surface area (Å²) >= 11 is 9.59. The molecule has 0 fully saturated rings. The van der Waals surface area contributed by atoms with Crippen LogP contribution in [0.1, 0.15) is 26.3 Å². The summed E-state index contributed by atoms with van der Waals surface area (Å²) in [5.74, 6) is 2.76. The quantitative estimate of drug-likeness (QED) is 0.108. The lowest BCUT2D eigenvalue weighted by molar-refractivity contribution is 0.103. The SMILES string of the molecule is COc1ccc(C(=O)c2ccc(I)cc2)c(OC)c1.COc1cccc(OC)c1.O=C(Cl)c1ccc(I)cc1. The van der Waals surface area contributed by atoms with E-state index < -0.39 is 5.24 Å². The van der Waals surface area contributed by atoms with Crippen LogP contribution in [0.4, 0.5) is 0 Å². The standard InChI is InChI=1S/C15H13IO3.C8H10O2.C7H4ClIO/c1-18-12-7-8-13(14(9-12)19-2)15(17)10-3-5-11(16)6-4-10;1-9-7-4-3-5-8(6-7)10-2;8-7(10)5-1-3-6(9)4-2-5/h3-9H,1-2H3;3-6H,1-2H3;1-4H. The van der Waals surface area contributed by atoms with Crippen LogP contribution in [0.25, 0.3) is 0 Å². The minimum atomic E-state index is -0.406. The number of carbonyl (C=O) groups is 2. The van der Waals surface area contributed by atoms with E-state index in [1.165, 1.54) is 0 Å². The monoisotopic (exact) mass is 772 g/mol. The Labute approximate surface area is 260 Å². The van der Waals surface area contributed by atoms with E-state index in [2.05, 4.69) is 45.2 Å². The first kappa shape index (κ1) is 32.4. The Morgan fingerprint density at radius 1 is 0.590 bits per heavy atom. The Hall–Kier alpha value is -2.83. The zero-order valence-corrected chi connectivity index (χ0v) is 26.8. The van der Waals surface area contributed by atoms with E-state index in [9.17, 15) is 9.59 Å². The van der Waals surface area contributed by atoms with Crippen molar-refractivity contribution in [3.63, 3.8) is 0 Å². The lowest BCUT2D eigenvalue weighted by Gasteiger charge is -2.09. The number of ketones is 1. The molecule has 0 heterocycles. The molecule has 0 amide bonds. The van der Waals surface area contributed by atoms with Crippen LogP contribution in [0.3, 0.4) is 0 Å². The van der Waals surface area contributed by atoms with Gasteiger partial charge >= 0.3 is 0 Å². The van der Waals surface area contributed by atoms with Crippen LogP contribution >= 0.6 is 56.8 Å². The van der Waals surface area contributed by atoms with Crippen molar-refractivity contribution >= 4 is 67.8 Å². The topological polar surface area (TPSA) is 71.1 Å². The van der Waals surface area contributed by atoms with Gasteiger partial charge in [-0.2, -0.15) is 0 Å². The van der Waals surface area contributed by atoms with Crippen molar-refractivity contribution in [3.8, 4) is 23.0 Å². The Morgan fingerprint density at radius 3 is 1.49 bits per heavy atom. The molecule has 204 valence electrons. The van der Waals surface area contributed by atoms with Gasteiger partial charge in [-0.15, -0.1) is 0 Å². The second kappa shape index (κ2) is 17.0. The first-order valence-corrected chi connectivity index (χ1v) is 13.9. The van der Waals surface area contributed by atoms with Gasteiger partial charge in [-0.05, 0) is 130 Å². The summed E-state index contributed by atoms with van der Waals surface area (Å²) in [5, 5.41) is -0.406. The number of carbonyl (C=O) groups excluding carboxylic acids is 2. The van der Waals surface area contributed by atoms with Crippen LogP contribution in [-0.4, -0.2) is 39.5 Å². The molecule has 0 aliphatic rings. The van der Waals surface area contributed by atoms with E-state index in [0.717, 1.165) is 18.6 Å². The number of rotatable bonds is 7. The van der Waals surface area contributed by atoms with Crippen LogP contribution in [0, 0.1) is 7.14 Å². The van der Waals surface area contributed by atoms with Crippen LogP contribution in [-0.2, 0) is 0 Å². The molecule has 0 spiro atoms. The third kappa shape index (κ3) is 10.7. The van der Waals surface area contributed by atoms with E-state index in [0.29, 0.717) is 28.2 Å². The lowest BCUT2D eigenvalue weighted by atomic mass is 10.0. The molecule has 39 heavy (non-hydrogen) atoms. The van der Waals surface area contributed by atoms with Crippen LogP contribution in [0.15, 0.2) is 91.0 Å². The second-order valence-corrected chi connectivity index (χ2v) is 10.4. The van der Waals surface area contributed by atoms with E-state index >= 15 is 0 Å². The molecule has 0 N–H and O–H groups in total. The van der Waals surface area contributed by atoms with Gasteiger partial charge in [-0.25, -0.2) is 0 Å². The normalized spacial score (nSPS) is 9.62. The Bertz CT molecular complexity index is 1340. The molecule has 4 aromatic rings. The molecule has 0 saturated heterocycles. The highest BCUT2D eigenvalue weighted by atomic mass is 127. The van der Waals surface area contributed by atoms with Gasteiger partial charge in [-0.3, -0.25) is 9.59 Å². The first-order valence-electron chi connectivity index (χ1n) is 11.4. The zero-order chi connectivity index (χ0) is 28.8. The lowest BCUT2D eigenvalue weighted by Crippen LogP contribution is -2.04. The van der Waals surface area contributed by atoms with Gasteiger partial charge in [0, 0.05) is 30.4 Å². The highest BCUT2D eigenvalue weighted by Crippen LogP contribution is 2.27. The third-order valence-electron chi connectivity index (χ3n) is 5.11. The third-order valence-corrected chi connectivity index (χ3v) is 6.76. The molecule has 0 radical (unpaired) electrons. The number of hydrogen-bond donors (Lipinski definition) is 0. The summed E-state index contributed by atoms with van der Waals surface area (Å²) in [6.45, 7) is 0. The molecular formula is C30H27ClI2O6. The van der Waals surface area contributed by atoms with Gasteiger partial charge in [0.05, 0.1) is 34.0 Å². The van der Waals surface area contributed by atoms with Gasteiger partial charge in [0.25, 0.3) is 5.24 Å². The molecule has 0 aromatic heterocycles. The van der Waals surface area contributed by atoms with E-state index in [-0.39, 0.29) is 5.78 Å². The Balaban J connectivity index is 0.000000225. The summed E-state index contributed by atoms with van der Waals surface area (Å²) < 4.78 is 22.5. The van der Waals surface area contributed by atoms with Gasteiger partial charge in [0.2, 0.25) is 0 Å². The van der Waals surface area contributed by atoms with Crippen LogP contribution in [0.2, 0.25) is 0 Å². The largest absolute Gasteiger partial charge is 0.497 e. The van der Waals surface area contributed by atoms with E-state index in [1.807, 2.05) is 60.7 Å². The minimum absolute atomic E-state index is 0.0593. The van der Waals surface area contributed by atoms with Crippen molar-refractivity contribution in [2.24, 2.45) is 0 Å². The van der Waals surface area contributed by atoms with Gasteiger partial charge < -0.3 is 18.9 Å². The van der Waals surface area contributed by atoms with E-state index in [4.69, 9.17) is 30.5 Å². The van der Waals surface area contributed by atoms with Gasteiger partial charge in [-0.1, -0.05) is 6.07 Å². The molecule has 4 rings (SSSR count). The summed E-state index contributed by atoms with van der Waals surface area (Å²) in [7, 11) is 6.39. The molecule has 9 heteroatoms. The van der Waals surface area contributed by atoms with Crippen LogP contribution < -0.4 is 18.9 Å². The van der Waals surface area contributed by atoms with Gasteiger partial charge in [0.15, 0.2) is 5.78 Å². The smallest absolute Gasteiger partial charge is 0.252 e. The average molecular weight is 773 g/mol. The summed E-state index contributed by atoms with van der Waals surface area (Å²) in [4.78, 5) is 22.9. The van der Waals surface area contributed by atoms with E-state index in [1.54, 1.807) is 58.8 Å². The average Bonchev–Trinajstić information content (AvgIpc) is 2.97. The summed E-state index contributed by atoms with van der Waals surface area (Å²) in [6, 6.07) is 27.2. The van der Waals surface area contributed by atoms with Crippen molar-refractivity contribution in [1.82, 2.24) is 0 Å². The maximum Gasteiger partial charge on any atom is 0.252 e. The fourth-order valence-corrected chi connectivity index (χ4v) is 3.90. The fourth-order valence-electron chi connectivity index (χ4n) is 3.05. The number of benzene rings is 4. The highest BCUT2D eigenvalue weighted by molar-refractivity contribution is 14.1. The first-order chi connectivity index (χ1) is 18.7. The second-order valence-electron chi connectivity index (χ2n) is 7.57. The summed E-state index contributed by atoms with van der Waals surface area (Å²) in [5.41, 5.74) is 1.72. The van der Waals surface area contributed by atoms with Crippen molar-refractivity contribution in [2.75, 3.05) is 28.4 Å². The predicted octanol–water partition coefficient (Wildman–Crippen LogP) is 7.91. The Morgan fingerprint density at radius 2 is 1.05 bits per heavy atom. The van der Waals surface area contributed by atoms with Crippen LogP contribution in [0.5, 0.6) is 23.0 Å². The van der Waals surface area contributed by atoms with Crippen molar-refractivity contribution in [1.29, 1.82) is 0 Å². The molecule has 0 bridgehead atoms. The van der Waals surface area contributed by atoms with Crippen molar-refractivity contribution in [3.05, 3.63) is 115 Å². The summed E-state index contributed by atoms with van der Waals surface area (Å²) in [6.07, 6.45) is 0.